The molecule has 2 atom stereocenters. The van der Waals surface area contributed by atoms with Gasteiger partial charge in [0, 0.05) is 24.1 Å². The number of thiocarbonyl (C=S) groups is 1. The second-order valence-electron chi connectivity index (χ2n) is 7.57. The van der Waals surface area contributed by atoms with Gasteiger partial charge in [0.2, 0.25) is 0 Å². The Balaban J connectivity index is 1.58. The number of esters is 1. The van der Waals surface area contributed by atoms with Gasteiger partial charge in [-0.15, -0.1) is 0 Å². The van der Waals surface area contributed by atoms with E-state index in [-0.39, 0.29) is 18.1 Å². The molecule has 1 aromatic carbocycles. The van der Waals surface area contributed by atoms with Crippen molar-refractivity contribution in [2.45, 2.75) is 41.8 Å². The van der Waals surface area contributed by atoms with Crippen LogP contribution in [0.15, 0.2) is 75.2 Å². The zero-order valence-corrected chi connectivity index (χ0v) is 19.6. The van der Waals surface area contributed by atoms with E-state index in [9.17, 15) is 4.79 Å². The van der Waals surface area contributed by atoms with Crippen molar-refractivity contribution in [2.75, 3.05) is 13.7 Å². The van der Waals surface area contributed by atoms with Crippen LogP contribution in [0.4, 0.5) is 0 Å². The highest BCUT2D eigenvalue weighted by atomic mass is 32.2. The van der Waals surface area contributed by atoms with Crippen molar-refractivity contribution in [2.24, 2.45) is 0 Å². The molecule has 1 saturated heterocycles. The lowest BCUT2D eigenvalue weighted by Crippen LogP contribution is -2.30. The largest absolute Gasteiger partial charge is 0.469 e. The molecule has 0 spiro atoms. The van der Waals surface area contributed by atoms with Gasteiger partial charge in [-0.2, -0.15) is 0 Å². The summed E-state index contributed by atoms with van der Waals surface area (Å²) in [6, 6.07) is 17.9. The van der Waals surface area contributed by atoms with Crippen LogP contribution in [0, 0.1) is 6.92 Å². The van der Waals surface area contributed by atoms with E-state index in [1.54, 1.807) is 18.0 Å². The van der Waals surface area contributed by atoms with Gasteiger partial charge >= 0.3 is 5.97 Å². The average molecular weight is 468 g/mol. The quantitative estimate of drug-likeness (QED) is 0.364. The third kappa shape index (κ3) is 5.14. The molecule has 0 aliphatic carbocycles. The summed E-state index contributed by atoms with van der Waals surface area (Å²) in [7, 11) is 1.40. The number of furan rings is 1. The van der Waals surface area contributed by atoms with E-state index < -0.39 is 0 Å². The fourth-order valence-corrected chi connectivity index (χ4v) is 4.83. The summed E-state index contributed by atoms with van der Waals surface area (Å²) in [4.78, 5) is 19.3. The molecule has 3 aromatic rings. The highest BCUT2D eigenvalue weighted by molar-refractivity contribution is 7.99. The zero-order chi connectivity index (χ0) is 22.5. The SMILES string of the molecule is COC(=O)CCCN1C(=S)N[C@@H](c2ccccn2)[C@H]1c1ccc(Sc2ccc(C)cc2)o1. The number of nitrogens with zero attached hydrogens (tertiary/aromatic N) is 2. The number of benzene rings is 1. The minimum atomic E-state index is -0.226. The van der Waals surface area contributed by atoms with Gasteiger partial charge in [-0.3, -0.25) is 9.78 Å². The standard InChI is InChI=1S/C24H25N3O3S2/c1-16-8-10-17(11-9-16)32-21-13-12-19(30-21)23-22(18-6-3-4-14-25-18)26-24(31)27(23)15-5-7-20(28)29-2/h3-4,6,8-14,22-23H,5,7,15H2,1-2H3,(H,26,31)/t22-,23+/m0/s1. The van der Waals surface area contributed by atoms with E-state index in [0.29, 0.717) is 24.5 Å². The van der Waals surface area contributed by atoms with Crippen LogP contribution in [0.3, 0.4) is 0 Å². The number of nitrogens with one attached hydrogen (secondary N) is 1. The van der Waals surface area contributed by atoms with Gasteiger partial charge in [-0.25, -0.2) is 0 Å². The number of aromatic nitrogens is 1. The smallest absolute Gasteiger partial charge is 0.305 e. The molecular formula is C24H25N3O3S2. The van der Waals surface area contributed by atoms with Crippen LogP contribution in [-0.4, -0.2) is 34.6 Å². The van der Waals surface area contributed by atoms with E-state index >= 15 is 0 Å². The molecular weight excluding hydrogens is 442 g/mol. The third-order valence-electron chi connectivity index (χ3n) is 5.34. The Hall–Kier alpha value is -2.84. The van der Waals surface area contributed by atoms with E-state index in [4.69, 9.17) is 21.4 Å². The Kier molecular flexibility index (Phi) is 7.12. The lowest BCUT2D eigenvalue weighted by Gasteiger charge is -2.25. The zero-order valence-electron chi connectivity index (χ0n) is 18.0. The van der Waals surface area contributed by atoms with E-state index in [0.717, 1.165) is 21.4 Å². The molecule has 1 aliphatic heterocycles. The first kappa shape index (κ1) is 22.4. The maximum Gasteiger partial charge on any atom is 0.305 e. The Morgan fingerprint density at radius 1 is 1.22 bits per heavy atom. The van der Waals surface area contributed by atoms with Crippen molar-refractivity contribution in [3.8, 4) is 0 Å². The Labute approximate surface area is 197 Å². The van der Waals surface area contributed by atoms with E-state index in [1.807, 2.05) is 30.3 Å². The number of hydrogen-bond donors (Lipinski definition) is 1. The molecule has 0 radical (unpaired) electrons. The van der Waals surface area contributed by atoms with Crippen LogP contribution in [0.25, 0.3) is 0 Å². The third-order valence-corrected chi connectivity index (χ3v) is 6.62. The van der Waals surface area contributed by atoms with Crippen LogP contribution in [-0.2, 0) is 9.53 Å². The van der Waals surface area contributed by atoms with Crippen LogP contribution in [0.5, 0.6) is 0 Å². The number of aryl methyl sites for hydroxylation is 1. The molecule has 1 fully saturated rings. The first-order chi connectivity index (χ1) is 15.5. The summed E-state index contributed by atoms with van der Waals surface area (Å²) in [6.07, 6.45) is 2.74. The molecule has 8 heteroatoms. The van der Waals surface area contributed by atoms with E-state index in [2.05, 4.69) is 46.4 Å². The second kappa shape index (κ2) is 10.2. The predicted octanol–water partition coefficient (Wildman–Crippen LogP) is 5.06. The molecule has 1 aliphatic rings. The van der Waals surface area contributed by atoms with Gasteiger partial charge in [-0.05, 0) is 62.0 Å². The van der Waals surface area contributed by atoms with Crippen LogP contribution in [0.2, 0.25) is 0 Å². The van der Waals surface area contributed by atoms with Crippen molar-refractivity contribution in [1.82, 2.24) is 15.2 Å². The van der Waals surface area contributed by atoms with E-state index in [1.165, 1.54) is 12.7 Å². The van der Waals surface area contributed by atoms with Gasteiger partial charge in [0.15, 0.2) is 10.2 Å². The first-order valence-corrected chi connectivity index (χ1v) is 11.7. The molecule has 166 valence electrons. The Bertz CT molecular complexity index is 1070. The normalized spacial score (nSPS) is 17.9. The molecule has 0 bridgehead atoms. The number of carbonyl (C=O) groups is 1. The Morgan fingerprint density at radius 3 is 2.75 bits per heavy atom. The van der Waals surface area contributed by atoms with Gasteiger partial charge in [0.25, 0.3) is 0 Å². The fraction of sp³-hybridized carbons (Fsp3) is 0.292. The van der Waals surface area contributed by atoms with Crippen LogP contribution >= 0.6 is 24.0 Å². The highest BCUT2D eigenvalue weighted by Gasteiger charge is 2.41. The molecule has 32 heavy (non-hydrogen) atoms. The monoisotopic (exact) mass is 467 g/mol. The molecule has 6 nitrogen and oxygen atoms in total. The molecule has 3 heterocycles. The molecule has 1 N–H and O–H groups in total. The number of rotatable bonds is 8. The topological polar surface area (TPSA) is 67.6 Å². The minimum absolute atomic E-state index is 0.148. The molecule has 0 saturated carbocycles. The first-order valence-electron chi connectivity index (χ1n) is 10.4. The Morgan fingerprint density at radius 2 is 2.03 bits per heavy atom. The number of methoxy groups -OCH3 is 1. The molecule has 4 rings (SSSR count). The second-order valence-corrected chi connectivity index (χ2v) is 9.04. The lowest BCUT2D eigenvalue weighted by atomic mass is 10.0. The number of ether oxygens (including phenoxy) is 1. The lowest BCUT2D eigenvalue weighted by molar-refractivity contribution is -0.140. The highest BCUT2D eigenvalue weighted by Crippen LogP contribution is 2.41. The molecule has 2 aromatic heterocycles. The maximum absolute atomic E-state index is 11.6. The summed E-state index contributed by atoms with van der Waals surface area (Å²) in [5, 5.41) is 4.84. The summed E-state index contributed by atoms with van der Waals surface area (Å²) in [6.45, 7) is 2.68. The predicted molar refractivity (Wildman–Crippen MR) is 127 cm³/mol. The summed E-state index contributed by atoms with van der Waals surface area (Å²) in [5.74, 6) is 0.580. The number of pyridine rings is 1. The van der Waals surface area contributed by atoms with Crippen LogP contribution < -0.4 is 5.32 Å². The van der Waals surface area contributed by atoms with Gasteiger partial charge in [-0.1, -0.05) is 35.5 Å². The number of hydrogen-bond acceptors (Lipinski definition) is 6. The average Bonchev–Trinajstić information content (AvgIpc) is 3.40. The fourth-order valence-electron chi connectivity index (χ4n) is 3.72. The van der Waals surface area contributed by atoms with Crippen molar-refractivity contribution in [3.63, 3.8) is 0 Å². The maximum atomic E-state index is 11.6. The minimum Gasteiger partial charge on any atom is -0.469 e. The summed E-state index contributed by atoms with van der Waals surface area (Å²) < 4.78 is 11.1. The van der Waals surface area contributed by atoms with Crippen molar-refractivity contribution in [3.05, 3.63) is 77.8 Å². The molecule has 0 amide bonds. The molecule has 0 unspecified atom stereocenters. The summed E-state index contributed by atoms with van der Waals surface area (Å²) >= 11 is 7.23. The van der Waals surface area contributed by atoms with Gasteiger partial charge < -0.3 is 19.4 Å². The van der Waals surface area contributed by atoms with Gasteiger partial charge in [0.1, 0.15) is 11.8 Å². The number of carbonyl (C=O) groups excluding carboxylic acids is 1. The van der Waals surface area contributed by atoms with Gasteiger partial charge in [0.05, 0.1) is 18.8 Å². The summed E-state index contributed by atoms with van der Waals surface area (Å²) in [5.41, 5.74) is 2.11. The van der Waals surface area contributed by atoms with Crippen molar-refractivity contribution in [1.29, 1.82) is 0 Å². The van der Waals surface area contributed by atoms with Crippen LogP contribution in [0.1, 0.15) is 41.9 Å². The van der Waals surface area contributed by atoms with Crippen molar-refractivity contribution >= 4 is 35.1 Å². The van der Waals surface area contributed by atoms with Crippen molar-refractivity contribution < 1.29 is 13.9 Å².